The molecule has 0 saturated carbocycles. The highest BCUT2D eigenvalue weighted by Gasteiger charge is 2.16. The lowest BCUT2D eigenvalue weighted by Crippen LogP contribution is -2.21. The van der Waals surface area contributed by atoms with Crippen molar-refractivity contribution in [1.82, 2.24) is 19.7 Å². The van der Waals surface area contributed by atoms with E-state index in [1.54, 1.807) is 6.33 Å². The summed E-state index contributed by atoms with van der Waals surface area (Å²) in [7, 11) is 4.03. The predicted octanol–water partition coefficient (Wildman–Crippen LogP) is 2.87. The Balaban J connectivity index is 2.13. The summed E-state index contributed by atoms with van der Waals surface area (Å²) in [5.41, 5.74) is 4.68. The molecule has 0 amide bonds. The maximum Gasteiger partial charge on any atom is 0.146 e. The number of fused-ring (bicyclic) bond motifs is 1. The van der Waals surface area contributed by atoms with Gasteiger partial charge in [-0.25, -0.2) is 4.98 Å². The van der Waals surface area contributed by atoms with Gasteiger partial charge in [-0.2, -0.15) is 5.10 Å². The van der Waals surface area contributed by atoms with Gasteiger partial charge in [0.25, 0.3) is 0 Å². The molecule has 0 saturated heterocycles. The van der Waals surface area contributed by atoms with Gasteiger partial charge in [-0.05, 0) is 25.0 Å². The minimum Gasteiger partial charge on any atom is -0.366 e. The fraction of sp³-hybridized carbons (Fsp3) is 0.353. The molecular formula is C17H21N5. The number of benzene rings is 1. The molecule has 5 nitrogen and oxygen atoms in total. The van der Waals surface area contributed by atoms with Gasteiger partial charge in [-0.15, -0.1) is 0 Å². The van der Waals surface area contributed by atoms with Gasteiger partial charge in [0.2, 0.25) is 0 Å². The minimum atomic E-state index is 0.719. The van der Waals surface area contributed by atoms with Crippen LogP contribution in [0.2, 0.25) is 0 Å². The van der Waals surface area contributed by atoms with Crippen molar-refractivity contribution in [1.29, 1.82) is 0 Å². The number of hydrogen-bond donors (Lipinski definition) is 0. The van der Waals surface area contributed by atoms with Gasteiger partial charge < -0.3 is 4.90 Å². The second-order valence-corrected chi connectivity index (χ2v) is 5.55. The van der Waals surface area contributed by atoms with Crippen LogP contribution >= 0.6 is 0 Å². The first kappa shape index (κ1) is 14.5. The third-order valence-electron chi connectivity index (χ3n) is 4.09. The smallest absolute Gasteiger partial charge is 0.146 e. The van der Waals surface area contributed by atoms with Crippen molar-refractivity contribution in [3.8, 4) is 0 Å². The average molecular weight is 295 g/mol. The Morgan fingerprint density at radius 1 is 1.23 bits per heavy atom. The molecule has 0 atom stereocenters. The molecule has 2 aromatic heterocycles. The highest BCUT2D eigenvalue weighted by Crippen LogP contribution is 2.32. The van der Waals surface area contributed by atoms with Gasteiger partial charge in [0.05, 0.1) is 17.7 Å². The zero-order valence-corrected chi connectivity index (χ0v) is 13.5. The molecule has 114 valence electrons. The Labute approximate surface area is 130 Å². The molecule has 2 heterocycles. The summed E-state index contributed by atoms with van der Waals surface area (Å²) >= 11 is 0. The van der Waals surface area contributed by atoms with Crippen LogP contribution in [0.15, 0.2) is 30.6 Å². The number of para-hydroxylation sites is 1. The van der Waals surface area contributed by atoms with Gasteiger partial charge in [0.15, 0.2) is 0 Å². The molecule has 0 fully saturated rings. The largest absolute Gasteiger partial charge is 0.366 e. The molecule has 0 radical (unpaired) electrons. The summed E-state index contributed by atoms with van der Waals surface area (Å²) in [6, 6.07) is 8.32. The fourth-order valence-corrected chi connectivity index (χ4v) is 2.97. The van der Waals surface area contributed by atoms with E-state index >= 15 is 0 Å². The van der Waals surface area contributed by atoms with Gasteiger partial charge >= 0.3 is 0 Å². The first-order chi connectivity index (χ1) is 10.6. The second-order valence-electron chi connectivity index (χ2n) is 5.55. The first-order valence-electron chi connectivity index (χ1n) is 7.54. The lowest BCUT2D eigenvalue weighted by Gasteiger charge is -2.24. The monoisotopic (exact) mass is 295 g/mol. The molecule has 0 aliphatic carbocycles. The van der Waals surface area contributed by atoms with E-state index in [2.05, 4.69) is 54.1 Å². The summed E-state index contributed by atoms with van der Waals surface area (Å²) in [5, 5.41) is 5.34. The van der Waals surface area contributed by atoms with Crippen molar-refractivity contribution in [3.63, 3.8) is 0 Å². The topological polar surface area (TPSA) is 46.8 Å². The first-order valence-corrected chi connectivity index (χ1v) is 7.54. The Morgan fingerprint density at radius 2 is 2.00 bits per heavy atom. The molecule has 22 heavy (non-hydrogen) atoms. The molecule has 0 unspecified atom stereocenters. The maximum atomic E-state index is 4.74. The normalized spacial score (nSPS) is 11.1. The van der Waals surface area contributed by atoms with Gasteiger partial charge in [0, 0.05) is 25.2 Å². The van der Waals surface area contributed by atoms with Crippen LogP contribution in [0.5, 0.6) is 0 Å². The van der Waals surface area contributed by atoms with E-state index in [1.165, 1.54) is 16.6 Å². The maximum absolute atomic E-state index is 4.74. The Morgan fingerprint density at radius 3 is 2.68 bits per heavy atom. The summed E-state index contributed by atoms with van der Waals surface area (Å²) in [6.07, 6.45) is 2.56. The summed E-state index contributed by atoms with van der Waals surface area (Å²) < 4.78 is 1.82. The molecule has 0 aliphatic rings. The lowest BCUT2D eigenvalue weighted by molar-refractivity contribution is 0.688. The number of rotatable bonds is 4. The van der Waals surface area contributed by atoms with Crippen LogP contribution in [0.1, 0.15) is 24.0 Å². The van der Waals surface area contributed by atoms with E-state index in [-0.39, 0.29) is 0 Å². The summed E-state index contributed by atoms with van der Waals surface area (Å²) in [5.74, 6) is 0.947. The number of anilines is 1. The van der Waals surface area contributed by atoms with Crippen LogP contribution < -0.4 is 4.90 Å². The molecule has 3 rings (SSSR count). The Bertz CT molecular complexity index is 806. The molecule has 0 spiro atoms. The summed E-state index contributed by atoms with van der Waals surface area (Å²) in [6.45, 7) is 4.99. The van der Waals surface area contributed by atoms with E-state index in [0.29, 0.717) is 0 Å². The fourth-order valence-electron chi connectivity index (χ4n) is 2.97. The highest BCUT2D eigenvalue weighted by molar-refractivity contribution is 5.93. The van der Waals surface area contributed by atoms with Crippen molar-refractivity contribution in [2.45, 2.75) is 26.8 Å². The predicted molar refractivity (Wildman–Crippen MR) is 89.0 cm³/mol. The third kappa shape index (κ3) is 2.43. The van der Waals surface area contributed by atoms with E-state index in [1.807, 2.05) is 17.8 Å². The Kier molecular flexibility index (Phi) is 3.79. The number of hydrogen-bond acceptors (Lipinski definition) is 4. The minimum absolute atomic E-state index is 0.719. The molecule has 1 aromatic carbocycles. The number of aryl methyl sites for hydroxylation is 2. The van der Waals surface area contributed by atoms with Crippen LogP contribution in [-0.4, -0.2) is 26.8 Å². The van der Waals surface area contributed by atoms with E-state index < -0.39 is 0 Å². The molecule has 3 aromatic rings. The quantitative estimate of drug-likeness (QED) is 0.742. The van der Waals surface area contributed by atoms with Crippen molar-refractivity contribution in [3.05, 3.63) is 47.7 Å². The molecule has 0 aliphatic heterocycles. The van der Waals surface area contributed by atoms with Crippen LogP contribution in [0, 0.1) is 6.92 Å². The van der Waals surface area contributed by atoms with Crippen LogP contribution in [0.4, 0.5) is 5.69 Å². The molecule has 0 bridgehead atoms. The average Bonchev–Trinajstić information content (AvgIpc) is 2.90. The van der Waals surface area contributed by atoms with Crippen molar-refractivity contribution in [2.24, 2.45) is 7.05 Å². The molecule has 0 N–H and O–H groups in total. The Hall–Kier alpha value is -2.43. The SMILES string of the molecule is CCc1c(C)nc2ccccc2c1N(C)Cc1ncnn1C. The zero-order valence-electron chi connectivity index (χ0n) is 13.5. The standard InChI is InChI=1S/C17H21N5/c1-5-13-12(2)20-15-9-7-6-8-14(15)17(13)21(3)10-16-18-11-19-22(16)4/h6-9,11H,5,10H2,1-4H3. The van der Waals surface area contributed by atoms with Crippen molar-refractivity contribution >= 4 is 16.6 Å². The van der Waals surface area contributed by atoms with E-state index in [4.69, 9.17) is 4.98 Å². The van der Waals surface area contributed by atoms with Crippen LogP contribution in [-0.2, 0) is 20.0 Å². The van der Waals surface area contributed by atoms with Crippen molar-refractivity contribution in [2.75, 3.05) is 11.9 Å². The number of pyridine rings is 1. The van der Waals surface area contributed by atoms with Gasteiger partial charge in [0.1, 0.15) is 12.2 Å². The third-order valence-corrected chi connectivity index (χ3v) is 4.09. The second kappa shape index (κ2) is 5.75. The van der Waals surface area contributed by atoms with Crippen LogP contribution in [0.25, 0.3) is 10.9 Å². The van der Waals surface area contributed by atoms with Gasteiger partial charge in [-0.3, -0.25) is 9.67 Å². The number of nitrogens with zero attached hydrogens (tertiary/aromatic N) is 5. The van der Waals surface area contributed by atoms with E-state index in [9.17, 15) is 0 Å². The lowest BCUT2D eigenvalue weighted by atomic mass is 10.0. The zero-order chi connectivity index (χ0) is 15.7. The van der Waals surface area contributed by atoms with E-state index in [0.717, 1.165) is 30.0 Å². The highest BCUT2D eigenvalue weighted by atomic mass is 15.3. The molecule has 5 heteroatoms. The molecular weight excluding hydrogens is 274 g/mol. The summed E-state index contributed by atoms with van der Waals surface area (Å²) in [4.78, 5) is 11.3. The number of aromatic nitrogens is 4. The van der Waals surface area contributed by atoms with Crippen molar-refractivity contribution < 1.29 is 0 Å². The van der Waals surface area contributed by atoms with Crippen LogP contribution in [0.3, 0.4) is 0 Å². The van der Waals surface area contributed by atoms with Gasteiger partial charge in [-0.1, -0.05) is 25.1 Å².